The Labute approximate surface area is 140 Å². The van der Waals surface area contributed by atoms with Gasteiger partial charge in [0.05, 0.1) is 9.43 Å². The summed E-state index contributed by atoms with van der Waals surface area (Å²) in [7, 11) is 0. The summed E-state index contributed by atoms with van der Waals surface area (Å²) >= 11 is 4.36. The van der Waals surface area contributed by atoms with Crippen molar-refractivity contribution in [2.75, 3.05) is 0 Å². The maximum absolute atomic E-state index is 4.29. The Balaban J connectivity index is 1.55. The minimum absolute atomic E-state index is 0.449. The number of aryl methyl sites for hydroxylation is 1. The number of halogens is 1. The standard InChI is InChI=1S/C15H15IN4S/c16-13-8-10-11(4-3-5-12(10)21-13)17-9-15-19-18-14-6-1-2-7-20(14)15/h1-2,6-8,11,17H,3-5,9H2. The molecule has 3 heterocycles. The van der Waals surface area contributed by atoms with Crippen LogP contribution in [0.5, 0.6) is 0 Å². The van der Waals surface area contributed by atoms with Gasteiger partial charge in [0.25, 0.3) is 0 Å². The molecule has 0 aliphatic heterocycles. The van der Waals surface area contributed by atoms with Crippen molar-refractivity contribution < 1.29 is 0 Å². The van der Waals surface area contributed by atoms with Gasteiger partial charge in [0.1, 0.15) is 0 Å². The third kappa shape index (κ3) is 2.60. The molecule has 6 heteroatoms. The van der Waals surface area contributed by atoms with E-state index in [1.807, 2.05) is 40.1 Å². The molecule has 0 radical (unpaired) electrons. The van der Waals surface area contributed by atoms with Crippen LogP contribution in [0.25, 0.3) is 5.65 Å². The number of fused-ring (bicyclic) bond motifs is 2. The molecule has 3 aromatic heterocycles. The highest BCUT2D eigenvalue weighted by atomic mass is 127. The first kappa shape index (κ1) is 13.7. The van der Waals surface area contributed by atoms with E-state index in [2.05, 4.69) is 44.2 Å². The Morgan fingerprint density at radius 3 is 3.29 bits per heavy atom. The van der Waals surface area contributed by atoms with Crippen LogP contribution in [0.2, 0.25) is 0 Å². The van der Waals surface area contributed by atoms with Gasteiger partial charge in [-0.25, -0.2) is 0 Å². The second kappa shape index (κ2) is 5.66. The molecule has 0 saturated carbocycles. The smallest absolute Gasteiger partial charge is 0.160 e. The summed E-state index contributed by atoms with van der Waals surface area (Å²) in [5.41, 5.74) is 2.40. The number of rotatable bonds is 3. The van der Waals surface area contributed by atoms with Crippen LogP contribution < -0.4 is 5.32 Å². The predicted octanol–water partition coefficient (Wildman–Crippen LogP) is 3.56. The van der Waals surface area contributed by atoms with Crippen molar-refractivity contribution in [2.24, 2.45) is 0 Å². The molecule has 1 N–H and O–H groups in total. The molecule has 0 bridgehead atoms. The molecule has 0 aromatic carbocycles. The maximum atomic E-state index is 4.29. The Morgan fingerprint density at radius 1 is 1.38 bits per heavy atom. The predicted molar refractivity (Wildman–Crippen MR) is 92.5 cm³/mol. The zero-order chi connectivity index (χ0) is 14.2. The molecule has 4 rings (SSSR count). The van der Waals surface area contributed by atoms with E-state index in [-0.39, 0.29) is 0 Å². The van der Waals surface area contributed by atoms with E-state index in [9.17, 15) is 0 Å². The van der Waals surface area contributed by atoms with Crippen LogP contribution in [0.3, 0.4) is 0 Å². The van der Waals surface area contributed by atoms with E-state index in [1.165, 1.54) is 27.7 Å². The van der Waals surface area contributed by atoms with Crippen LogP contribution in [0.1, 0.15) is 35.1 Å². The monoisotopic (exact) mass is 410 g/mol. The summed E-state index contributed by atoms with van der Waals surface area (Å²) in [6.45, 7) is 0.752. The number of hydrogen-bond acceptors (Lipinski definition) is 4. The molecule has 3 aromatic rings. The molecule has 21 heavy (non-hydrogen) atoms. The molecule has 4 nitrogen and oxygen atoms in total. The second-order valence-corrected chi connectivity index (χ2v) is 8.33. The van der Waals surface area contributed by atoms with Crippen molar-refractivity contribution in [3.05, 3.63) is 49.6 Å². The van der Waals surface area contributed by atoms with Gasteiger partial charge in [-0.2, -0.15) is 0 Å². The fraction of sp³-hybridized carbons (Fsp3) is 0.333. The van der Waals surface area contributed by atoms with Gasteiger partial charge < -0.3 is 5.32 Å². The summed E-state index contributed by atoms with van der Waals surface area (Å²) < 4.78 is 3.44. The van der Waals surface area contributed by atoms with Crippen LogP contribution in [0, 0.1) is 2.88 Å². The van der Waals surface area contributed by atoms with Gasteiger partial charge in [0.15, 0.2) is 11.5 Å². The van der Waals surface area contributed by atoms with E-state index in [0.29, 0.717) is 6.04 Å². The summed E-state index contributed by atoms with van der Waals surface area (Å²) in [6.07, 6.45) is 5.72. The number of aromatic nitrogens is 3. The molecule has 0 fully saturated rings. The summed E-state index contributed by atoms with van der Waals surface area (Å²) in [5.74, 6) is 0.975. The molecule has 1 aliphatic carbocycles. The fourth-order valence-electron chi connectivity index (χ4n) is 2.96. The summed E-state index contributed by atoms with van der Waals surface area (Å²) in [6, 6.07) is 8.77. The van der Waals surface area contributed by atoms with E-state index in [0.717, 1.165) is 18.0 Å². The number of nitrogens with one attached hydrogen (secondary N) is 1. The molecule has 0 saturated heterocycles. The highest BCUT2D eigenvalue weighted by molar-refractivity contribution is 14.1. The van der Waals surface area contributed by atoms with Gasteiger partial charge in [-0.1, -0.05) is 6.07 Å². The van der Waals surface area contributed by atoms with Crippen molar-refractivity contribution in [1.29, 1.82) is 0 Å². The van der Waals surface area contributed by atoms with Crippen molar-refractivity contribution in [3.8, 4) is 0 Å². The SMILES string of the molecule is Ic1cc2c(s1)CCCC2NCc1nnc2ccccn12. The minimum atomic E-state index is 0.449. The van der Waals surface area contributed by atoms with Crippen molar-refractivity contribution in [1.82, 2.24) is 19.9 Å². The van der Waals surface area contributed by atoms with Gasteiger partial charge in [-0.05, 0) is 65.6 Å². The molecular weight excluding hydrogens is 395 g/mol. The minimum Gasteiger partial charge on any atom is -0.303 e. The van der Waals surface area contributed by atoms with Crippen molar-refractivity contribution in [2.45, 2.75) is 31.8 Å². The lowest BCUT2D eigenvalue weighted by Crippen LogP contribution is -2.24. The second-order valence-electron chi connectivity index (χ2n) is 5.30. The molecular formula is C15H15IN4S. The molecule has 108 valence electrons. The first-order valence-corrected chi connectivity index (χ1v) is 9.01. The molecule has 1 aliphatic rings. The summed E-state index contributed by atoms with van der Waals surface area (Å²) in [4.78, 5) is 1.55. The third-order valence-electron chi connectivity index (χ3n) is 3.97. The fourth-order valence-corrected chi connectivity index (χ4v) is 5.08. The van der Waals surface area contributed by atoms with Gasteiger partial charge in [0, 0.05) is 17.1 Å². The lowest BCUT2D eigenvalue weighted by molar-refractivity contribution is 0.455. The van der Waals surface area contributed by atoms with Crippen LogP contribution >= 0.6 is 33.9 Å². The maximum Gasteiger partial charge on any atom is 0.160 e. The van der Waals surface area contributed by atoms with Crippen molar-refractivity contribution in [3.63, 3.8) is 0 Å². The zero-order valence-corrected chi connectivity index (χ0v) is 14.4. The average Bonchev–Trinajstić information content (AvgIpc) is 3.07. The topological polar surface area (TPSA) is 42.2 Å². The Hall–Kier alpha value is -0.990. The lowest BCUT2D eigenvalue weighted by atomic mass is 9.94. The van der Waals surface area contributed by atoms with Crippen LogP contribution in [0.15, 0.2) is 30.5 Å². The molecule has 1 atom stereocenters. The first-order valence-electron chi connectivity index (χ1n) is 7.11. The van der Waals surface area contributed by atoms with Crippen LogP contribution in [-0.2, 0) is 13.0 Å². The quantitative estimate of drug-likeness (QED) is 0.672. The number of hydrogen-bond donors (Lipinski definition) is 1. The van der Waals surface area contributed by atoms with Crippen molar-refractivity contribution >= 4 is 39.6 Å². The largest absolute Gasteiger partial charge is 0.303 e. The highest BCUT2D eigenvalue weighted by Gasteiger charge is 2.22. The van der Waals surface area contributed by atoms with E-state index < -0.39 is 0 Å². The third-order valence-corrected chi connectivity index (χ3v) is 5.95. The van der Waals surface area contributed by atoms with E-state index in [4.69, 9.17) is 0 Å². The van der Waals surface area contributed by atoms with Crippen LogP contribution in [-0.4, -0.2) is 14.6 Å². The Bertz CT molecular complexity index is 779. The average molecular weight is 410 g/mol. The molecule has 0 amide bonds. The lowest BCUT2D eigenvalue weighted by Gasteiger charge is -2.23. The summed E-state index contributed by atoms with van der Waals surface area (Å²) in [5, 5.41) is 12.2. The van der Waals surface area contributed by atoms with Gasteiger partial charge in [-0.15, -0.1) is 21.5 Å². The molecule has 0 spiro atoms. The Morgan fingerprint density at radius 2 is 2.33 bits per heavy atom. The van der Waals surface area contributed by atoms with E-state index >= 15 is 0 Å². The number of pyridine rings is 1. The number of nitrogens with zero attached hydrogens (tertiary/aromatic N) is 3. The highest BCUT2D eigenvalue weighted by Crippen LogP contribution is 2.36. The van der Waals surface area contributed by atoms with E-state index in [1.54, 1.807) is 4.88 Å². The Kier molecular flexibility index (Phi) is 3.68. The normalized spacial score (nSPS) is 18.0. The van der Waals surface area contributed by atoms with Gasteiger partial charge in [-0.3, -0.25) is 4.40 Å². The van der Waals surface area contributed by atoms with Crippen LogP contribution in [0.4, 0.5) is 0 Å². The first-order chi connectivity index (χ1) is 10.3. The zero-order valence-electron chi connectivity index (χ0n) is 11.4. The van der Waals surface area contributed by atoms with Gasteiger partial charge >= 0.3 is 0 Å². The number of thiophene rings is 1. The molecule has 1 unspecified atom stereocenters. The van der Waals surface area contributed by atoms with Gasteiger partial charge in [0.2, 0.25) is 0 Å².